The molecule has 5 heteroatoms. The summed E-state index contributed by atoms with van der Waals surface area (Å²) in [6, 6.07) is 3.96. The molecule has 0 spiro atoms. The maximum Gasteiger partial charge on any atom is 0.268 e. The predicted octanol–water partition coefficient (Wildman–Crippen LogP) is 3.31. The Hall–Kier alpha value is -1.20. The fraction of sp³-hybridized carbons (Fsp3) is 0.538. The van der Waals surface area contributed by atoms with Crippen molar-refractivity contribution in [2.75, 3.05) is 0 Å². The number of hydrogen-bond acceptors (Lipinski definition) is 5. The zero-order chi connectivity index (χ0) is 12.4. The fourth-order valence-corrected chi connectivity index (χ4v) is 3.15. The molecule has 1 fully saturated rings. The van der Waals surface area contributed by atoms with E-state index in [1.807, 2.05) is 17.5 Å². The third kappa shape index (κ3) is 2.20. The minimum Gasteiger partial charge on any atom is -0.333 e. The molecule has 0 saturated heterocycles. The lowest BCUT2D eigenvalue weighted by molar-refractivity contribution is 0.334. The first-order valence-corrected chi connectivity index (χ1v) is 7.33. The maximum absolute atomic E-state index is 6.47. The first kappa shape index (κ1) is 11.9. The van der Waals surface area contributed by atoms with Gasteiger partial charge in [-0.1, -0.05) is 36.9 Å². The Balaban J connectivity index is 1.88. The Kier molecular flexibility index (Phi) is 3.18. The van der Waals surface area contributed by atoms with Crippen LogP contribution in [0.3, 0.4) is 0 Å². The van der Waals surface area contributed by atoms with E-state index in [1.54, 1.807) is 11.3 Å². The largest absolute Gasteiger partial charge is 0.333 e. The van der Waals surface area contributed by atoms with Gasteiger partial charge in [-0.3, -0.25) is 0 Å². The van der Waals surface area contributed by atoms with E-state index in [0.29, 0.717) is 11.7 Å². The Bertz CT molecular complexity index is 498. The van der Waals surface area contributed by atoms with Crippen LogP contribution in [-0.2, 0) is 5.54 Å². The monoisotopic (exact) mass is 263 g/mol. The Morgan fingerprint density at radius 3 is 2.67 bits per heavy atom. The van der Waals surface area contributed by atoms with E-state index in [-0.39, 0.29) is 0 Å². The van der Waals surface area contributed by atoms with Gasteiger partial charge in [-0.2, -0.15) is 4.98 Å². The molecule has 18 heavy (non-hydrogen) atoms. The molecule has 0 radical (unpaired) electrons. The summed E-state index contributed by atoms with van der Waals surface area (Å²) in [6.45, 7) is 0. The second kappa shape index (κ2) is 4.82. The van der Waals surface area contributed by atoms with Crippen molar-refractivity contribution in [3.8, 4) is 10.8 Å². The van der Waals surface area contributed by atoms with E-state index in [0.717, 1.165) is 30.6 Å². The zero-order valence-electron chi connectivity index (χ0n) is 10.3. The van der Waals surface area contributed by atoms with Crippen molar-refractivity contribution in [2.24, 2.45) is 5.73 Å². The molecular weight excluding hydrogens is 246 g/mol. The van der Waals surface area contributed by atoms with Gasteiger partial charge in [0.2, 0.25) is 0 Å². The molecule has 0 aliphatic heterocycles. The lowest BCUT2D eigenvalue weighted by Gasteiger charge is -2.23. The molecule has 1 saturated carbocycles. The van der Waals surface area contributed by atoms with Crippen LogP contribution in [0.25, 0.3) is 10.8 Å². The van der Waals surface area contributed by atoms with Gasteiger partial charge in [-0.25, -0.2) is 0 Å². The smallest absolute Gasteiger partial charge is 0.268 e. The van der Waals surface area contributed by atoms with Crippen molar-refractivity contribution in [3.05, 3.63) is 23.3 Å². The van der Waals surface area contributed by atoms with E-state index in [2.05, 4.69) is 10.1 Å². The summed E-state index contributed by atoms with van der Waals surface area (Å²) < 4.78 is 5.34. The summed E-state index contributed by atoms with van der Waals surface area (Å²) in [5.74, 6) is 1.27. The molecule has 1 aliphatic rings. The highest BCUT2D eigenvalue weighted by molar-refractivity contribution is 7.13. The number of hydrogen-bond donors (Lipinski definition) is 1. The topological polar surface area (TPSA) is 64.9 Å². The van der Waals surface area contributed by atoms with Crippen LogP contribution in [0.1, 0.15) is 44.3 Å². The minimum absolute atomic E-state index is 0.393. The van der Waals surface area contributed by atoms with Crippen LogP contribution >= 0.6 is 11.3 Å². The molecule has 1 aliphatic carbocycles. The lowest BCUT2D eigenvalue weighted by atomic mass is 9.91. The second-order valence-corrected chi connectivity index (χ2v) is 5.92. The maximum atomic E-state index is 6.47. The van der Waals surface area contributed by atoms with E-state index in [1.165, 1.54) is 12.8 Å². The molecule has 2 N–H and O–H groups in total. The molecule has 3 rings (SSSR count). The van der Waals surface area contributed by atoms with Gasteiger partial charge >= 0.3 is 0 Å². The number of nitrogens with two attached hydrogens (primary N) is 1. The van der Waals surface area contributed by atoms with E-state index in [4.69, 9.17) is 10.3 Å². The molecule has 0 aromatic carbocycles. The van der Waals surface area contributed by atoms with E-state index < -0.39 is 5.54 Å². The second-order valence-electron chi connectivity index (χ2n) is 4.97. The lowest BCUT2D eigenvalue weighted by Crippen LogP contribution is -2.37. The van der Waals surface area contributed by atoms with Gasteiger partial charge in [0.25, 0.3) is 5.89 Å². The third-order valence-corrected chi connectivity index (χ3v) is 4.46. The van der Waals surface area contributed by atoms with Crippen molar-refractivity contribution in [1.82, 2.24) is 10.1 Å². The molecule has 4 nitrogen and oxygen atoms in total. The average molecular weight is 263 g/mol. The van der Waals surface area contributed by atoms with Crippen molar-refractivity contribution < 1.29 is 4.52 Å². The van der Waals surface area contributed by atoms with Gasteiger partial charge < -0.3 is 10.3 Å². The quantitative estimate of drug-likeness (QED) is 0.844. The van der Waals surface area contributed by atoms with Crippen molar-refractivity contribution >= 4 is 11.3 Å². The van der Waals surface area contributed by atoms with Crippen LogP contribution < -0.4 is 5.73 Å². The summed E-state index contributed by atoms with van der Waals surface area (Å²) in [5, 5.41) is 6.11. The Morgan fingerprint density at radius 2 is 2.00 bits per heavy atom. The standard InChI is InChI=1S/C13H17N3OS/c14-13(7-3-1-2-4-8-13)12-15-11(17-16-12)10-6-5-9-18-10/h5-6,9H,1-4,7-8,14H2. The predicted molar refractivity (Wildman–Crippen MR) is 71.2 cm³/mol. The highest BCUT2D eigenvalue weighted by Crippen LogP contribution is 2.33. The molecule has 0 amide bonds. The molecule has 0 atom stereocenters. The van der Waals surface area contributed by atoms with Crippen LogP contribution in [0.15, 0.2) is 22.0 Å². The molecule has 2 heterocycles. The van der Waals surface area contributed by atoms with Crippen LogP contribution in [0.5, 0.6) is 0 Å². The average Bonchev–Trinajstić information content (AvgIpc) is 3.00. The summed E-state index contributed by atoms with van der Waals surface area (Å²) in [5.41, 5.74) is 6.07. The summed E-state index contributed by atoms with van der Waals surface area (Å²) >= 11 is 1.60. The van der Waals surface area contributed by atoms with E-state index in [9.17, 15) is 0 Å². The Labute approximate surface area is 110 Å². The Morgan fingerprint density at radius 1 is 1.22 bits per heavy atom. The minimum atomic E-state index is -0.393. The molecule has 2 aromatic rings. The number of aromatic nitrogens is 2. The molecule has 2 aromatic heterocycles. The van der Waals surface area contributed by atoms with Gasteiger partial charge in [-0.15, -0.1) is 11.3 Å². The van der Waals surface area contributed by atoms with Gasteiger partial charge in [0, 0.05) is 0 Å². The van der Waals surface area contributed by atoms with Crippen molar-refractivity contribution in [1.29, 1.82) is 0 Å². The molecule has 0 bridgehead atoms. The fourth-order valence-electron chi connectivity index (χ4n) is 2.51. The normalized spacial score (nSPS) is 19.6. The zero-order valence-corrected chi connectivity index (χ0v) is 11.1. The molecule has 96 valence electrons. The van der Waals surface area contributed by atoms with Gasteiger partial charge in [0.05, 0.1) is 10.4 Å². The number of nitrogens with zero attached hydrogens (tertiary/aromatic N) is 2. The number of thiophene rings is 1. The van der Waals surface area contributed by atoms with Crippen molar-refractivity contribution in [3.63, 3.8) is 0 Å². The van der Waals surface area contributed by atoms with Gasteiger partial charge in [0.15, 0.2) is 5.82 Å². The van der Waals surface area contributed by atoms with Crippen molar-refractivity contribution in [2.45, 2.75) is 44.1 Å². The molecular formula is C13H17N3OS. The highest BCUT2D eigenvalue weighted by atomic mass is 32.1. The van der Waals surface area contributed by atoms with Crippen LogP contribution in [0, 0.1) is 0 Å². The SMILES string of the molecule is NC1(c2noc(-c3cccs3)n2)CCCCCC1. The summed E-state index contributed by atoms with van der Waals surface area (Å²) in [4.78, 5) is 5.50. The summed E-state index contributed by atoms with van der Waals surface area (Å²) in [7, 11) is 0. The first-order chi connectivity index (χ1) is 8.78. The number of rotatable bonds is 2. The highest BCUT2D eigenvalue weighted by Gasteiger charge is 2.33. The van der Waals surface area contributed by atoms with Gasteiger partial charge in [0.1, 0.15) is 0 Å². The first-order valence-electron chi connectivity index (χ1n) is 6.45. The molecule has 0 unspecified atom stereocenters. The van der Waals surface area contributed by atoms with Crippen LogP contribution in [0.4, 0.5) is 0 Å². The van der Waals surface area contributed by atoms with Crippen LogP contribution in [0.2, 0.25) is 0 Å². The van der Waals surface area contributed by atoms with Gasteiger partial charge in [-0.05, 0) is 24.3 Å². The van der Waals surface area contributed by atoms with Crippen LogP contribution in [-0.4, -0.2) is 10.1 Å². The van der Waals surface area contributed by atoms with E-state index >= 15 is 0 Å². The third-order valence-electron chi connectivity index (χ3n) is 3.60. The summed E-state index contributed by atoms with van der Waals surface area (Å²) in [6.07, 6.45) is 6.73.